The quantitative estimate of drug-likeness (QED) is 0.279. The Morgan fingerprint density at radius 3 is 2.59 bits per heavy atom. The van der Waals surface area contributed by atoms with Crippen LogP contribution in [0.4, 0.5) is 11.4 Å². The number of nitrogens with zero attached hydrogens (tertiary/aromatic N) is 2. The number of hydrogen-bond donors (Lipinski definition) is 2. The Morgan fingerprint density at radius 1 is 1.24 bits per heavy atom. The SMILES string of the molecule is CCOc1ccc(N(CCCCO)C(=S)NC(=O)c2cccc([N+](=O)[O-])c2)cc1. The van der Waals surface area contributed by atoms with E-state index in [0.29, 0.717) is 26.0 Å². The molecule has 0 heterocycles. The van der Waals surface area contributed by atoms with Crippen molar-refractivity contribution < 1.29 is 19.6 Å². The first-order chi connectivity index (χ1) is 14.0. The van der Waals surface area contributed by atoms with Gasteiger partial charge in [0.2, 0.25) is 0 Å². The molecule has 9 heteroatoms. The topological polar surface area (TPSA) is 105 Å². The molecule has 2 aromatic rings. The minimum absolute atomic E-state index is 0.0594. The number of carbonyl (C=O) groups is 1. The number of aliphatic hydroxyl groups excluding tert-OH is 1. The van der Waals surface area contributed by atoms with Gasteiger partial charge in [-0.3, -0.25) is 20.2 Å². The van der Waals surface area contributed by atoms with Gasteiger partial charge in [-0.15, -0.1) is 0 Å². The number of ether oxygens (including phenoxy) is 1. The first kappa shape index (κ1) is 22.3. The summed E-state index contributed by atoms with van der Waals surface area (Å²) < 4.78 is 5.44. The molecular weight excluding hydrogens is 394 g/mol. The number of rotatable bonds is 9. The molecule has 0 saturated carbocycles. The van der Waals surface area contributed by atoms with Gasteiger partial charge in [0, 0.05) is 36.5 Å². The van der Waals surface area contributed by atoms with Gasteiger partial charge in [-0.05, 0) is 62.3 Å². The second-order valence-electron chi connectivity index (χ2n) is 6.08. The molecule has 2 N–H and O–H groups in total. The number of carbonyl (C=O) groups excluding carboxylic acids is 1. The highest BCUT2D eigenvalue weighted by molar-refractivity contribution is 7.80. The molecule has 154 valence electrons. The second-order valence-corrected chi connectivity index (χ2v) is 6.46. The van der Waals surface area contributed by atoms with Crippen molar-refractivity contribution in [3.63, 3.8) is 0 Å². The number of thiocarbonyl (C=S) groups is 1. The van der Waals surface area contributed by atoms with Gasteiger partial charge in [-0.1, -0.05) is 6.07 Å². The maximum absolute atomic E-state index is 12.5. The maximum Gasteiger partial charge on any atom is 0.270 e. The maximum atomic E-state index is 12.5. The van der Waals surface area contributed by atoms with E-state index in [0.717, 1.165) is 11.4 Å². The molecule has 29 heavy (non-hydrogen) atoms. The second kappa shape index (κ2) is 11.1. The van der Waals surface area contributed by atoms with E-state index >= 15 is 0 Å². The van der Waals surface area contributed by atoms with Crippen LogP contribution >= 0.6 is 12.2 Å². The monoisotopic (exact) mass is 417 g/mol. The summed E-state index contributed by atoms with van der Waals surface area (Å²) in [5, 5.41) is 22.8. The molecule has 0 unspecified atom stereocenters. The number of unbranched alkanes of at least 4 members (excludes halogenated alkanes) is 1. The van der Waals surface area contributed by atoms with Gasteiger partial charge in [0.15, 0.2) is 5.11 Å². The van der Waals surface area contributed by atoms with E-state index in [2.05, 4.69) is 5.32 Å². The number of benzene rings is 2. The average molecular weight is 417 g/mol. The molecular formula is C20H23N3O5S. The smallest absolute Gasteiger partial charge is 0.270 e. The third kappa shape index (κ3) is 6.51. The molecule has 0 aliphatic heterocycles. The molecule has 0 atom stereocenters. The zero-order valence-electron chi connectivity index (χ0n) is 16.0. The fourth-order valence-corrected chi connectivity index (χ4v) is 2.91. The molecule has 0 aliphatic rings. The van der Waals surface area contributed by atoms with Crippen molar-refractivity contribution in [3.8, 4) is 5.75 Å². The predicted molar refractivity (Wildman–Crippen MR) is 114 cm³/mol. The Kier molecular flexibility index (Phi) is 8.50. The molecule has 8 nitrogen and oxygen atoms in total. The molecule has 2 rings (SSSR count). The third-order valence-electron chi connectivity index (χ3n) is 4.03. The van der Waals surface area contributed by atoms with Crippen molar-refractivity contribution in [1.82, 2.24) is 5.32 Å². The van der Waals surface area contributed by atoms with Gasteiger partial charge in [0.25, 0.3) is 11.6 Å². The Bertz CT molecular complexity index is 857. The van der Waals surface area contributed by atoms with Crippen molar-refractivity contribution in [1.29, 1.82) is 0 Å². The lowest BCUT2D eigenvalue weighted by molar-refractivity contribution is -0.384. The largest absolute Gasteiger partial charge is 0.494 e. The van der Waals surface area contributed by atoms with Gasteiger partial charge < -0.3 is 14.7 Å². The number of hydrogen-bond acceptors (Lipinski definition) is 6. The van der Waals surface area contributed by atoms with Crippen LogP contribution in [0.25, 0.3) is 0 Å². The number of nitrogens with one attached hydrogen (secondary N) is 1. The van der Waals surface area contributed by atoms with Crippen LogP contribution in [0.1, 0.15) is 30.1 Å². The van der Waals surface area contributed by atoms with Crippen molar-refractivity contribution in [2.24, 2.45) is 0 Å². The summed E-state index contributed by atoms with van der Waals surface area (Å²) in [5.74, 6) is 0.190. The van der Waals surface area contributed by atoms with Gasteiger partial charge in [0.05, 0.1) is 11.5 Å². The number of non-ortho nitro benzene ring substituents is 1. The summed E-state index contributed by atoms with van der Waals surface area (Å²) in [6.45, 7) is 3.00. The highest BCUT2D eigenvalue weighted by Gasteiger charge is 2.17. The Morgan fingerprint density at radius 2 is 1.97 bits per heavy atom. The number of anilines is 1. The van der Waals surface area contributed by atoms with Crippen LogP contribution in [-0.2, 0) is 0 Å². The van der Waals surface area contributed by atoms with Crippen LogP contribution in [0.3, 0.4) is 0 Å². The van der Waals surface area contributed by atoms with Crippen LogP contribution in [0.5, 0.6) is 5.75 Å². The van der Waals surface area contributed by atoms with E-state index in [-0.39, 0.29) is 23.0 Å². The molecule has 0 aromatic heterocycles. The Hall–Kier alpha value is -3.04. The van der Waals surface area contributed by atoms with E-state index in [1.54, 1.807) is 4.90 Å². The van der Waals surface area contributed by atoms with E-state index in [1.807, 2.05) is 31.2 Å². The summed E-state index contributed by atoms with van der Waals surface area (Å²) in [6.07, 6.45) is 1.26. The highest BCUT2D eigenvalue weighted by atomic mass is 32.1. The minimum atomic E-state index is -0.559. The first-order valence-corrected chi connectivity index (χ1v) is 9.58. The van der Waals surface area contributed by atoms with E-state index in [1.165, 1.54) is 24.3 Å². The summed E-state index contributed by atoms with van der Waals surface area (Å²) in [5.41, 5.74) is 0.731. The molecule has 2 aromatic carbocycles. The lowest BCUT2D eigenvalue weighted by Gasteiger charge is -2.25. The summed E-state index contributed by atoms with van der Waals surface area (Å²) in [7, 11) is 0. The van der Waals surface area contributed by atoms with Crippen molar-refractivity contribution in [2.75, 3.05) is 24.7 Å². The van der Waals surface area contributed by atoms with Crippen LogP contribution in [0.15, 0.2) is 48.5 Å². The molecule has 0 spiro atoms. The first-order valence-electron chi connectivity index (χ1n) is 9.17. The van der Waals surface area contributed by atoms with Crippen LogP contribution < -0.4 is 15.0 Å². The van der Waals surface area contributed by atoms with Gasteiger partial charge in [0.1, 0.15) is 5.75 Å². The minimum Gasteiger partial charge on any atom is -0.494 e. The standard InChI is InChI=1S/C20H23N3O5S/c1-2-28-18-10-8-16(9-11-18)22(12-3-4-13-24)20(29)21-19(25)15-6-5-7-17(14-15)23(26)27/h5-11,14,24H,2-4,12-13H2,1H3,(H,21,25,29). The van der Waals surface area contributed by atoms with Crippen LogP contribution in [-0.4, -0.2) is 40.8 Å². The molecule has 0 aliphatic carbocycles. The fraction of sp³-hybridized carbons (Fsp3) is 0.300. The predicted octanol–water partition coefficient (Wildman–Crippen LogP) is 3.29. The summed E-state index contributed by atoms with van der Waals surface area (Å²) >= 11 is 5.42. The van der Waals surface area contributed by atoms with Gasteiger partial charge in [-0.25, -0.2) is 0 Å². The molecule has 0 bridgehead atoms. The van der Waals surface area contributed by atoms with E-state index < -0.39 is 10.8 Å². The van der Waals surface area contributed by atoms with Gasteiger partial charge >= 0.3 is 0 Å². The molecule has 0 radical (unpaired) electrons. The lowest BCUT2D eigenvalue weighted by Crippen LogP contribution is -2.43. The van der Waals surface area contributed by atoms with Crippen molar-refractivity contribution >= 4 is 34.6 Å². The zero-order valence-corrected chi connectivity index (χ0v) is 16.9. The highest BCUT2D eigenvalue weighted by Crippen LogP contribution is 2.21. The van der Waals surface area contributed by atoms with Gasteiger partial charge in [-0.2, -0.15) is 0 Å². The van der Waals surface area contributed by atoms with Crippen molar-refractivity contribution in [3.05, 3.63) is 64.2 Å². The summed E-state index contributed by atoms with van der Waals surface area (Å²) in [6, 6.07) is 12.7. The average Bonchev–Trinajstić information content (AvgIpc) is 2.72. The Balaban J connectivity index is 2.16. The Labute approximate surface area is 174 Å². The van der Waals surface area contributed by atoms with Crippen LogP contribution in [0, 0.1) is 10.1 Å². The molecule has 0 fully saturated rings. The molecule has 0 saturated heterocycles. The molecule has 1 amide bonds. The number of nitro benzene ring substituents is 1. The van der Waals surface area contributed by atoms with Crippen molar-refractivity contribution in [2.45, 2.75) is 19.8 Å². The number of aliphatic hydroxyl groups is 1. The summed E-state index contributed by atoms with van der Waals surface area (Å²) in [4.78, 5) is 24.6. The van der Waals surface area contributed by atoms with E-state index in [4.69, 9.17) is 22.1 Å². The number of amides is 1. The van der Waals surface area contributed by atoms with E-state index in [9.17, 15) is 14.9 Å². The zero-order chi connectivity index (χ0) is 21.2. The normalized spacial score (nSPS) is 10.3. The fourth-order valence-electron chi connectivity index (χ4n) is 2.62. The number of nitro groups is 1. The van der Waals surface area contributed by atoms with Crippen LogP contribution in [0.2, 0.25) is 0 Å². The lowest BCUT2D eigenvalue weighted by atomic mass is 10.2. The third-order valence-corrected chi connectivity index (χ3v) is 4.36.